The Morgan fingerprint density at radius 2 is 1.47 bits per heavy atom. The maximum atomic E-state index is 12.0. The van der Waals surface area contributed by atoms with E-state index in [0.717, 1.165) is 51.9 Å². The monoisotopic (exact) mass is 261 g/mol. The molecular formula is C11H23N3O2S. The molecule has 0 unspecified atom stereocenters. The first kappa shape index (κ1) is 13.3. The smallest absolute Gasteiger partial charge is 0.212 e. The van der Waals surface area contributed by atoms with E-state index < -0.39 is 10.0 Å². The third kappa shape index (κ3) is 4.54. The highest BCUT2D eigenvalue weighted by atomic mass is 32.2. The highest BCUT2D eigenvalue weighted by Crippen LogP contribution is 2.14. The van der Waals surface area contributed by atoms with E-state index in [1.165, 1.54) is 0 Å². The van der Waals surface area contributed by atoms with Gasteiger partial charge in [-0.05, 0) is 57.8 Å². The predicted molar refractivity (Wildman–Crippen MR) is 68.4 cm³/mol. The van der Waals surface area contributed by atoms with Crippen molar-refractivity contribution in [3.05, 3.63) is 0 Å². The van der Waals surface area contributed by atoms with E-state index in [-0.39, 0.29) is 6.04 Å². The summed E-state index contributed by atoms with van der Waals surface area (Å²) < 4.78 is 26.9. The van der Waals surface area contributed by atoms with Crippen molar-refractivity contribution in [2.45, 2.75) is 31.7 Å². The number of sulfonamides is 1. The molecule has 0 radical (unpaired) electrons. The minimum absolute atomic E-state index is 0.142. The lowest BCUT2D eigenvalue weighted by Gasteiger charge is -2.26. The second kappa shape index (κ2) is 6.13. The van der Waals surface area contributed by atoms with Crippen LogP contribution in [0, 0.1) is 5.92 Å². The Morgan fingerprint density at radius 3 is 2.06 bits per heavy atom. The van der Waals surface area contributed by atoms with Crippen molar-refractivity contribution >= 4 is 10.0 Å². The first-order chi connectivity index (χ1) is 8.16. The van der Waals surface area contributed by atoms with Gasteiger partial charge in [-0.15, -0.1) is 0 Å². The van der Waals surface area contributed by atoms with Gasteiger partial charge >= 0.3 is 0 Å². The van der Waals surface area contributed by atoms with Crippen LogP contribution in [0.5, 0.6) is 0 Å². The molecule has 2 fully saturated rings. The van der Waals surface area contributed by atoms with E-state index in [4.69, 9.17) is 0 Å². The topological polar surface area (TPSA) is 70.2 Å². The third-order valence-corrected chi connectivity index (χ3v) is 5.20. The molecule has 100 valence electrons. The van der Waals surface area contributed by atoms with Gasteiger partial charge in [0.1, 0.15) is 0 Å². The molecule has 6 heteroatoms. The molecule has 0 amide bonds. The lowest BCUT2D eigenvalue weighted by molar-refractivity contribution is 0.393. The fourth-order valence-corrected chi connectivity index (χ4v) is 4.39. The summed E-state index contributed by atoms with van der Waals surface area (Å²) in [5.74, 6) is 0.633. The summed E-state index contributed by atoms with van der Waals surface area (Å²) in [5, 5.41) is 6.50. The maximum absolute atomic E-state index is 12.0. The molecule has 0 aromatic carbocycles. The zero-order valence-electron chi connectivity index (χ0n) is 10.2. The van der Waals surface area contributed by atoms with Crippen LogP contribution < -0.4 is 15.4 Å². The molecule has 2 aliphatic rings. The lowest BCUT2D eigenvalue weighted by atomic mass is 10.0. The number of piperidine rings is 2. The maximum Gasteiger partial charge on any atom is 0.212 e. The molecule has 0 aromatic rings. The molecule has 2 aliphatic heterocycles. The first-order valence-electron chi connectivity index (χ1n) is 6.57. The highest BCUT2D eigenvalue weighted by molar-refractivity contribution is 7.89. The molecule has 17 heavy (non-hydrogen) atoms. The minimum atomic E-state index is -3.09. The quantitative estimate of drug-likeness (QED) is 0.647. The Morgan fingerprint density at radius 1 is 0.941 bits per heavy atom. The van der Waals surface area contributed by atoms with Crippen molar-refractivity contribution in [2.24, 2.45) is 5.92 Å². The van der Waals surface area contributed by atoms with Crippen LogP contribution in [-0.2, 0) is 10.0 Å². The molecular weight excluding hydrogens is 238 g/mol. The van der Waals surface area contributed by atoms with Gasteiger partial charge in [0.15, 0.2) is 0 Å². The first-order valence-corrected chi connectivity index (χ1v) is 8.22. The number of hydrogen-bond acceptors (Lipinski definition) is 4. The molecule has 2 rings (SSSR count). The van der Waals surface area contributed by atoms with E-state index in [1.807, 2.05) is 0 Å². The average Bonchev–Trinajstić information content (AvgIpc) is 2.30. The van der Waals surface area contributed by atoms with E-state index >= 15 is 0 Å². The van der Waals surface area contributed by atoms with Crippen molar-refractivity contribution in [1.82, 2.24) is 15.4 Å². The minimum Gasteiger partial charge on any atom is -0.317 e. The van der Waals surface area contributed by atoms with E-state index in [0.29, 0.717) is 11.7 Å². The van der Waals surface area contributed by atoms with Gasteiger partial charge in [0.2, 0.25) is 10.0 Å². The van der Waals surface area contributed by atoms with Crippen LogP contribution in [0.15, 0.2) is 0 Å². The van der Waals surface area contributed by atoms with Gasteiger partial charge in [0.25, 0.3) is 0 Å². The normalized spacial score (nSPS) is 24.9. The van der Waals surface area contributed by atoms with Gasteiger partial charge in [-0.25, -0.2) is 13.1 Å². The van der Waals surface area contributed by atoms with Crippen molar-refractivity contribution in [3.63, 3.8) is 0 Å². The molecule has 2 saturated heterocycles. The largest absolute Gasteiger partial charge is 0.317 e. The standard InChI is InChI=1S/C11H23N3O2S/c15-17(16,9-10-1-5-12-6-2-10)14-11-3-7-13-8-4-11/h10-14H,1-9H2. The molecule has 0 aromatic heterocycles. The van der Waals surface area contributed by atoms with Gasteiger partial charge in [-0.2, -0.15) is 0 Å². The van der Waals surface area contributed by atoms with E-state index in [9.17, 15) is 8.42 Å². The molecule has 0 saturated carbocycles. The summed E-state index contributed by atoms with van der Waals surface area (Å²) >= 11 is 0. The Hall–Kier alpha value is -0.170. The van der Waals surface area contributed by atoms with E-state index in [2.05, 4.69) is 15.4 Å². The van der Waals surface area contributed by atoms with Crippen LogP contribution in [0.4, 0.5) is 0 Å². The summed E-state index contributed by atoms with van der Waals surface area (Å²) in [7, 11) is -3.09. The number of rotatable bonds is 4. The average molecular weight is 261 g/mol. The van der Waals surface area contributed by atoms with Crippen LogP contribution in [0.1, 0.15) is 25.7 Å². The Balaban J connectivity index is 1.80. The van der Waals surface area contributed by atoms with Crippen molar-refractivity contribution in [3.8, 4) is 0 Å². The van der Waals surface area contributed by atoms with Crippen LogP contribution in [0.2, 0.25) is 0 Å². The fraction of sp³-hybridized carbons (Fsp3) is 1.00. The summed E-state index contributed by atoms with van der Waals surface area (Å²) in [6.07, 6.45) is 3.77. The fourth-order valence-electron chi connectivity index (χ4n) is 2.60. The molecule has 5 nitrogen and oxygen atoms in total. The Kier molecular flexibility index (Phi) is 4.78. The molecule has 3 N–H and O–H groups in total. The number of nitrogens with one attached hydrogen (secondary N) is 3. The Labute approximate surface area is 104 Å². The van der Waals surface area contributed by atoms with Gasteiger partial charge in [0, 0.05) is 6.04 Å². The van der Waals surface area contributed by atoms with Crippen LogP contribution in [0.3, 0.4) is 0 Å². The molecule has 0 bridgehead atoms. The van der Waals surface area contributed by atoms with Crippen LogP contribution >= 0.6 is 0 Å². The second-order valence-electron chi connectivity index (χ2n) is 5.12. The SMILES string of the molecule is O=S(=O)(CC1CCNCC1)NC1CCNCC1. The van der Waals surface area contributed by atoms with Crippen LogP contribution in [-0.4, -0.2) is 46.4 Å². The van der Waals surface area contributed by atoms with Gasteiger partial charge < -0.3 is 10.6 Å². The van der Waals surface area contributed by atoms with Crippen molar-refractivity contribution < 1.29 is 8.42 Å². The number of hydrogen-bond donors (Lipinski definition) is 3. The molecule has 2 heterocycles. The van der Waals surface area contributed by atoms with Gasteiger partial charge in [-0.1, -0.05) is 0 Å². The molecule has 0 spiro atoms. The molecule has 0 aliphatic carbocycles. The third-order valence-electron chi connectivity index (χ3n) is 3.60. The molecule has 0 atom stereocenters. The lowest BCUT2D eigenvalue weighted by Crippen LogP contribution is -2.45. The van der Waals surface area contributed by atoms with Gasteiger partial charge in [0.05, 0.1) is 5.75 Å². The second-order valence-corrected chi connectivity index (χ2v) is 6.92. The zero-order chi connectivity index (χ0) is 12.1. The summed E-state index contributed by atoms with van der Waals surface area (Å²) in [6, 6.07) is 0.142. The van der Waals surface area contributed by atoms with E-state index in [1.54, 1.807) is 0 Å². The van der Waals surface area contributed by atoms with Crippen molar-refractivity contribution in [2.75, 3.05) is 31.9 Å². The predicted octanol–water partition coefficient (Wildman–Crippen LogP) is -0.343. The summed E-state index contributed by atoms with van der Waals surface area (Å²) in [5.41, 5.74) is 0. The van der Waals surface area contributed by atoms with Crippen molar-refractivity contribution in [1.29, 1.82) is 0 Å². The Bertz CT molecular complexity index is 294. The highest BCUT2D eigenvalue weighted by Gasteiger charge is 2.24. The summed E-state index contributed by atoms with van der Waals surface area (Å²) in [4.78, 5) is 0. The summed E-state index contributed by atoms with van der Waals surface area (Å²) in [6.45, 7) is 3.74. The zero-order valence-corrected chi connectivity index (χ0v) is 11.1. The van der Waals surface area contributed by atoms with Crippen LogP contribution in [0.25, 0.3) is 0 Å². The van der Waals surface area contributed by atoms with Gasteiger partial charge in [-0.3, -0.25) is 0 Å².